The highest BCUT2D eigenvalue weighted by Crippen LogP contribution is 2.19. The maximum absolute atomic E-state index is 12.2. The van der Waals surface area contributed by atoms with Crippen molar-refractivity contribution in [1.82, 2.24) is 4.90 Å². The minimum Gasteiger partial charge on any atom is -0.392 e. The van der Waals surface area contributed by atoms with Crippen LogP contribution in [0.2, 0.25) is 0 Å². The van der Waals surface area contributed by atoms with Gasteiger partial charge in [0.05, 0.1) is 6.10 Å². The summed E-state index contributed by atoms with van der Waals surface area (Å²) >= 11 is 0. The quantitative estimate of drug-likeness (QED) is 0.808. The summed E-state index contributed by atoms with van der Waals surface area (Å²) in [6.07, 6.45) is -0.560. The Balaban J connectivity index is 2.87. The second-order valence-electron chi connectivity index (χ2n) is 4.60. The van der Waals surface area contributed by atoms with Crippen molar-refractivity contribution in [3.63, 3.8) is 0 Å². The van der Waals surface area contributed by atoms with Gasteiger partial charge in [-0.2, -0.15) is 0 Å². The third-order valence-corrected chi connectivity index (χ3v) is 2.70. The fourth-order valence-electron chi connectivity index (χ4n) is 1.78. The van der Waals surface area contributed by atoms with Crippen LogP contribution in [-0.4, -0.2) is 35.6 Å². The van der Waals surface area contributed by atoms with Gasteiger partial charge in [0.25, 0.3) is 0 Å². The Bertz CT molecular complexity index is 374. The predicted molar refractivity (Wildman–Crippen MR) is 67.3 cm³/mol. The molecule has 0 heterocycles. The van der Waals surface area contributed by atoms with Crippen LogP contribution in [-0.2, 0) is 10.3 Å². The van der Waals surface area contributed by atoms with Gasteiger partial charge in [0.2, 0.25) is 5.91 Å². The fourth-order valence-corrected chi connectivity index (χ4v) is 1.78. The molecule has 0 bridgehead atoms. The van der Waals surface area contributed by atoms with Gasteiger partial charge in [0.1, 0.15) is 5.54 Å². The highest BCUT2D eigenvalue weighted by Gasteiger charge is 2.33. The van der Waals surface area contributed by atoms with Gasteiger partial charge in [0, 0.05) is 13.6 Å². The summed E-state index contributed by atoms with van der Waals surface area (Å²) in [6.45, 7) is 3.60. The van der Waals surface area contributed by atoms with Crippen LogP contribution in [0, 0.1) is 0 Å². The molecule has 0 aliphatic rings. The maximum atomic E-state index is 12.2. The summed E-state index contributed by atoms with van der Waals surface area (Å²) in [5, 5.41) is 9.27. The monoisotopic (exact) mass is 236 g/mol. The molecule has 17 heavy (non-hydrogen) atoms. The lowest BCUT2D eigenvalue weighted by Gasteiger charge is -2.30. The third-order valence-electron chi connectivity index (χ3n) is 2.70. The van der Waals surface area contributed by atoms with Crippen LogP contribution in [0.4, 0.5) is 0 Å². The first-order valence-corrected chi connectivity index (χ1v) is 5.63. The molecule has 0 aliphatic heterocycles. The number of hydrogen-bond donors (Lipinski definition) is 2. The molecular formula is C13H20N2O2. The molecule has 1 aromatic rings. The van der Waals surface area contributed by atoms with Gasteiger partial charge in [-0.1, -0.05) is 30.3 Å². The first-order chi connectivity index (χ1) is 7.85. The van der Waals surface area contributed by atoms with E-state index in [2.05, 4.69) is 0 Å². The van der Waals surface area contributed by atoms with Crippen molar-refractivity contribution in [3.05, 3.63) is 35.9 Å². The van der Waals surface area contributed by atoms with E-state index in [-0.39, 0.29) is 12.5 Å². The van der Waals surface area contributed by atoms with E-state index in [1.54, 1.807) is 20.9 Å². The van der Waals surface area contributed by atoms with Crippen LogP contribution in [0.25, 0.3) is 0 Å². The molecule has 1 amide bonds. The Labute approximate surface area is 102 Å². The molecule has 3 N–H and O–H groups in total. The number of rotatable bonds is 4. The minimum atomic E-state index is -1.06. The van der Waals surface area contributed by atoms with E-state index in [0.29, 0.717) is 0 Å². The molecule has 1 rings (SSSR count). The predicted octanol–water partition coefficient (Wildman–Crippen LogP) is 0.700. The number of amides is 1. The molecule has 2 unspecified atom stereocenters. The van der Waals surface area contributed by atoms with Gasteiger partial charge in [-0.15, -0.1) is 0 Å². The lowest BCUT2D eigenvalue weighted by Crippen LogP contribution is -2.51. The van der Waals surface area contributed by atoms with Gasteiger partial charge in [0.15, 0.2) is 0 Å². The van der Waals surface area contributed by atoms with Gasteiger partial charge in [-0.05, 0) is 19.4 Å². The van der Waals surface area contributed by atoms with Crippen LogP contribution < -0.4 is 5.73 Å². The summed E-state index contributed by atoms with van der Waals surface area (Å²) in [6, 6.07) is 9.23. The van der Waals surface area contributed by atoms with Crippen LogP contribution in [0.1, 0.15) is 19.4 Å². The Hall–Kier alpha value is -1.39. The first kappa shape index (κ1) is 13.7. The molecule has 0 spiro atoms. The zero-order valence-corrected chi connectivity index (χ0v) is 10.6. The lowest BCUT2D eigenvalue weighted by atomic mass is 9.91. The van der Waals surface area contributed by atoms with Crippen LogP contribution >= 0.6 is 0 Å². The summed E-state index contributed by atoms with van der Waals surface area (Å²) < 4.78 is 0. The number of aliphatic hydroxyl groups excluding tert-OH is 1. The number of carbonyl (C=O) groups is 1. The van der Waals surface area contributed by atoms with E-state index >= 15 is 0 Å². The molecule has 2 atom stereocenters. The number of hydrogen-bond acceptors (Lipinski definition) is 3. The molecule has 1 aromatic carbocycles. The van der Waals surface area contributed by atoms with Crippen molar-refractivity contribution in [3.8, 4) is 0 Å². The molecule has 0 saturated heterocycles. The van der Waals surface area contributed by atoms with Crippen LogP contribution in [0.15, 0.2) is 30.3 Å². The van der Waals surface area contributed by atoms with Crippen molar-refractivity contribution in [2.75, 3.05) is 13.6 Å². The standard InChI is InChI=1S/C13H20N2O2/c1-10(16)9-15(3)12(17)13(2,14)11-7-5-4-6-8-11/h4-8,10,16H,9,14H2,1-3H3. The molecule has 0 fully saturated rings. The van der Waals surface area contributed by atoms with Crippen LogP contribution in [0.5, 0.6) is 0 Å². The topological polar surface area (TPSA) is 66.6 Å². The van der Waals surface area contributed by atoms with E-state index in [1.807, 2.05) is 30.3 Å². The summed E-state index contributed by atoms with van der Waals surface area (Å²) in [5.41, 5.74) is 5.79. The smallest absolute Gasteiger partial charge is 0.246 e. The molecular weight excluding hydrogens is 216 g/mol. The minimum absolute atomic E-state index is 0.204. The van der Waals surface area contributed by atoms with Crippen molar-refractivity contribution in [1.29, 1.82) is 0 Å². The molecule has 4 heteroatoms. The van der Waals surface area contributed by atoms with Crippen molar-refractivity contribution >= 4 is 5.91 Å². The maximum Gasteiger partial charge on any atom is 0.246 e. The number of nitrogens with two attached hydrogens (primary N) is 1. The zero-order chi connectivity index (χ0) is 13.1. The average Bonchev–Trinajstić information content (AvgIpc) is 2.28. The van der Waals surface area contributed by atoms with E-state index in [9.17, 15) is 9.90 Å². The second kappa shape index (κ2) is 5.29. The summed E-state index contributed by atoms with van der Waals surface area (Å²) in [5.74, 6) is -0.204. The third kappa shape index (κ3) is 3.28. The van der Waals surface area contributed by atoms with Gasteiger partial charge in [-0.25, -0.2) is 0 Å². The Morgan fingerprint density at radius 2 is 2.00 bits per heavy atom. The molecule has 94 valence electrons. The highest BCUT2D eigenvalue weighted by molar-refractivity contribution is 5.86. The Morgan fingerprint density at radius 3 is 2.47 bits per heavy atom. The van der Waals surface area contributed by atoms with Gasteiger partial charge >= 0.3 is 0 Å². The molecule has 0 saturated carbocycles. The number of likely N-dealkylation sites (N-methyl/N-ethyl adjacent to an activating group) is 1. The highest BCUT2D eigenvalue weighted by atomic mass is 16.3. The average molecular weight is 236 g/mol. The normalized spacial score (nSPS) is 16.1. The number of nitrogens with zero attached hydrogens (tertiary/aromatic N) is 1. The summed E-state index contributed by atoms with van der Waals surface area (Å²) in [4.78, 5) is 13.6. The van der Waals surface area contributed by atoms with Crippen molar-refractivity contribution in [2.24, 2.45) is 5.73 Å². The summed E-state index contributed by atoms with van der Waals surface area (Å²) in [7, 11) is 1.64. The zero-order valence-electron chi connectivity index (χ0n) is 10.6. The second-order valence-corrected chi connectivity index (χ2v) is 4.60. The molecule has 0 radical (unpaired) electrons. The van der Waals surface area contributed by atoms with Crippen molar-refractivity contribution < 1.29 is 9.90 Å². The molecule has 4 nitrogen and oxygen atoms in total. The van der Waals surface area contributed by atoms with E-state index in [4.69, 9.17) is 5.73 Å². The number of aliphatic hydroxyl groups is 1. The molecule has 0 aromatic heterocycles. The number of benzene rings is 1. The lowest BCUT2D eigenvalue weighted by molar-refractivity contribution is -0.136. The Kier molecular flexibility index (Phi) is 4.26. The van der Waals surface area contributed by atoms with Crippen molar-refractivity contribution in [2.45, 2.75) is 25.5 Å². The number of carbonyl (C=O) groups excluding carboxylic acids is 1. The van der Waals surface area contributed by atoms with E-state index in [1.165, 1.54) is 4.90 Å². The largest absolute Gasteiger partial charge is 0.392 e. The van der Waals surface area contributed by atoms with E-state index in [0.717, 1.165) is 5.56 Å². The fraction of sp³-hybridized carbons (Fsp3) is 0.462. The van der Waals surface area contributed by atoms with E-state index < -0.39 is 11.6 Å². The van der Waals surface area contributed by atoms with Crippen LogP contribution in [0.3, 0.4) is 0 Å². The van der Waals surface area contributed by atoms with Gasteiger partial charge < -0.3 is 15.7 Å². The SMILES string of the molecule is CC(O)CN(C)C(=O)C(C)(N)c1ccccc1. The first-order valence-electron chi connectivity index (χ1n) is 5.63. The van der Waals surface area contributed by atoms with Gasteiger partial charge in [-0.3, -0.25) is 4.79 Å². The molecule has 0 aliphatic carbocycles. The Morgan fingerprint density at radius 1 is 1.47 bits per heavy atom.